The molecule has 0 aromatic rings. The lowest BCUT2D eigenvalue weighted by Crippen LogP contribution is -1.91. The van der Waals surface area contributed by atoms with E-state index < -0.39 is 0 Å². The van der Waals surface area contributed by atoms with Crippen LogP contribution in [0.1, 0.15) is 71.1 Å². The van der Waals surface area contributed by atoms with Gasteiger partial charge in [0.1, 0.15) is 0 Å². The number of hydrogen-bond acceptors (Lipinski definition) is 2. The van der Waals surface area contributed by atoms with Gasteiger partial charge in [-0.05, 0) is 12.2 Å². The van der Waals surface area contributed by atoms with Crippen LogP contribution in [0.3, 0.4) is 0 Å². The molecular weight excluding hydrogens is 228 g/mol. The number of unbranched alkanes of at least 4 members (excludes halogenated alkanes) is 9. The van der Waals surface area contributed by atoms with E-state index in [4.69, 9.17) is 4.74 Å². The first kappa shape index (κ1) is 15.4. The topological polar surface area (TPSA) is 12.5 Å². The highest BCUT2D eigenvalue weighted by Gasteiger charge is 2.21. The molecule has 17 heavy (non-hydrogen) atoms. The predicted octanol–water partition coefficient (Wildman–Crippen LogP) is 5.04. The summed E-state index contributed by atoms with van der Waals surface area (Å²) in [5, 5.41) is 0. The summed E-state index contributed by atoms with van der Waals surface area (Å²) in [6, 6.07) is 0. The molecule has 102 valence electrons. The van der Waals surface area contributed by atoms with Crippen LogP contribution in [0, 0.1) is 0 Å². The van der Waals surface area contributed by atoms with E-state index in [-0.39, 0.29) is 0 Å². The molecule has 1 fully saturated rings. The maximum absolute atomic E-state index is 5.19. The normalized spacial score (nSPS) is 18.5. The summed E-state index contributed by atoms with van der Waals surface area (Å²) in [5.74, 6) is 2.58. The average Bonchev–Trinajstić information content (AvgIpc) is 3.15. The molecule has 0 N–H and O–H groups in total. The number of rotatable bonds is 13. The summed E-state index contributed by atoms with van der Waals surface area (Å²) in [5.41, 5.74) is 0. The molecule has 1 saturated heterocycles. The molecule has 0 aromatic carbocycles. The van der Waals surface area contributed by atoms with Crippen molar-refractivity contribution >= 4 is 11.8 Å². The molecule has 1 atom stereocenters. The first-order valence-electron chi connectivity index (χ1n) is 7.63. The molecule has 0 radical (unpaired) electrons. The molecule has 1 nitrogen and oxygen atoms in total. The van der Waals surface area contributed by atoms with Gasteiger partial charge in [0, 0.05) is 5.75 Å². The van der Waals surface area contributed by atoms with Crippen molar-refractivity contribution in [3.05, 3.63) is 0 Å². The lowest BCUT2D eigenvalue weighted by atomic mass is 10.1. The van der Waals surface area contributed by atoms with Gasteiger partial charge in [0.2, 0.25) is 0 Å². The first-order valence-corrected chi connectivity index (χ1v) is 8.78. The van der Waals surface area contributed by atoms with Gasteiger partial charge in [0.15, 0.2) is 0 Å². The molecule has 0 saturated carbocycles. The minimum Gasteiger partial charge on any atom is -0.372 e. The SMILES string of the molecule is CCCCCCCCCCCCSCC1CO1. The summed E-state index contributed by atoms with van der Waals surface area (Å²) in [6.07, 6.45) is 15.0. The maximum atomic E-state index is 5.19. The van der Waals surface area contributed by atoms with Gasteiger partial charge in [-0.1, -0.05) is 64.7 Å². The highest BCUT2D eigenvalue weighted by molar-refractivity contribution is 7.99. The smallest absolute Gasteiger partial charge is 0.0900 e. The van der Waals surface area contributed by atoms with Gasteiger partial charge in [-0.25, -0.2) is 0 Å². The average molecular weight is 258 g/mol. The van der Waals surface area contributed by atoms with Crippen molar-refractivity contribution in [2.24, 2.45) is 0 Å². The van der Waals surface area contributed by atoms with Crippen molar-refractivity contribution in [3.8, 4) is 0 Å². The third-order valence-corrected chi connectivity index (χ3v) is 4.53. The lowest BCUT2D eigenvalue weighted by Gasteiger charge is -2.02. The van der Waals surface area contributed by atoms with Crippen LogP contribution in [0.5, 0.6) is 0 Å². The highest BCUT2D eigenvalue weighted by Crippen LogP contribution is 2.17. The Balaban J connectivity index is 1.61. The fourth-order valence-electron chi connectivity index (χ4n) is 2.07. The fraction of sp³-hybridized carbons (Fsp3) is 1.00. The van der Waals surface area contributed by atoms with Crippen LogP contribution < -0.4 is 0 Å². The molecular formula is C15H30OS. The van der Waals surface area contributed by atoms with E-state index in [2.05, 4.69) is 18.7 Å². The molecule has 0 amide bonds. The van der Waals surface area contributed by atoms with E-state index in [1.165, 1.54) is 75.7 Å². The van der Waals surface area contributed by atoms with Crippen LogP contribution in [-0.2, 0) is 4.74 Å². The third kappa shape index (κ3) is 11.1. The maximum Gasteiger partial charge on any atom is 0.0900 e. The second kappa shape index (κ2) is 11.4. The quantitative estimate of drug-likeness (QED) is 0.339. The van der Waals surface area contributed by atoms with Gasteiger partial charge in [0.25, 0.3) is 0 Å². The van der Waals surface area contributed by atoms with Crippen molar-refractivity contribution in [3.63, 3.8) is 0 Å². The summed E-state index contributed by atoms with van der Waals surface area (Å²) in [4.78, 5) is 0. The van der Waals surface area contributed by atoms with Crippen LogP contribution in [0.4, 0.5) is 0 Å². The second-order valence-corrected chi connectivity index (χ2v) is 6.36. The molecule has 0 bridgehead atoms. The summed E-state index contributed by atoms with van der Waals surface area (Å²) in [7, 11) is 0. The fourth-order valence-corrected chi connectivity index (χ4v) is 3.10. The standard InChI is InChI=1S/C15H30OS/c1-2-3-4-5-6-7-8-9-10-11-12-17-14-15-13-16-15/h15H,2-14H2,1H3. The summed E-state index contributed by atoms with van der Waals surface area (Å²) < 4.78 is 5.19. The first-order chi connectivity index (χ1) is 8.43. The Kier molecular flexibility index (Phi) is 10.3. The third-order valence-electron chi connectivity index (χ3n) is 3.35. The molecule has 1 rings (SSSR count). The monoisotopic (exact) mass is 258 g/mol. The van der Waals surface area contributed by atoms with Crippen LogP contribution in [-0.4, -0.2) is 24.2 Å². The van der Waals surface area contributed by atoms with Crippen LogP contribution in [0.25, 0.3) is 0 Å². The minimum atomic E-state index is 0.614. The molecule has 0 aliphatic carbocycles. The number of ether oxygens (including phenoxy) is 1. The van der Waals surface area contributed by atoms with Gasteiger partial charge in [0.05, 0.1) is 12.7 Å². The molecule has 1 aliphatic heterocycles. The number of epoxide rings is 1. The predicted molar refractivity (Wildman–Crippen MR) is 78.9 cm³/mol. The van der Waals surface area contributed by atoms with E-state index in [0.29, 0.717) is 6.10 Å². The zero-order valence-electron chi connectivity index (χ0n) is 11.6. The van der Waals surface area contributed by atoms with E-state index >= 15 is 0 Å². The molecule has 1 aliphatic rings. The van der Waals surface area contributed by atoms with Crippen molar-refractivity contribution in [1.82, 2.24) is 0 Å². The minimum absolute atomic E-state index is 0.614. The lowest BCUT2D eigenvalue weighted by molar-refractivity contribution is 0.426. The molecule has 2 heteroatoms. The number of hydrogen-bond donors (Lipinski definition) is 0. The molecule has 1 unspecified atom stereocenters. The van der Waals surface area contributed by atoms with E-state index in [1.807, 2.05) is 0 Å². The highest BCUT2D eigenvalue weighted by atomic mass is 32.2. The Hall–Kier alpha value is 0.310. The molecule has 0 spiro atoms. The van der Waals surface area contributed by atoms with Gasteiger partial charge in [-0.15, -0.1) is 0 Å². The van der Waals surface area contributed by atoms with Gasteiger partial charge in [-0.2, -0.15) is 11.8 Å². The van der Waals surface area contributed by atoms with Crippen molar-refractivity contribution in [1.29, 1.82) is 0 Å². The van der Waals surface area contributed by atoms with Crippen molar-refractivity contribution in [2.45, 2.75) is 77.2 Å². The van der Waals surface area contributed by atoms with Gasteiger partial charge in [-0.3, -0.25) is 0 Å². The van der Waals surface area contributed by atoms with E-state index in [0.717, 1.165) is 6.61 Å². The number of thioether (sulfide) groups is 1. The zero-order valence-corrected chi connectivity index (χ0v) is 12.4. The largest absolute Gasteiger partial charge is 0.372 e. The zero-order chi connectivity index (χ0) is 12.2. The molecule has 1 heterocycles. The van der Waals surface area contributed by atoms with Crippen molar-refractivity contribution < 1.29 is 4.74 Å². The van der Waals surface area contributed by atoms with E-state index in [1.54, 1.807) is 0 Å². The molecule has 0 aromatic heterocycles. The van der Waals surface area contributed by atoms with E-state index in [9.17, 15) is 0 Å². The van der Waals surface area contributed by atoms with Gasteiger partial charge < -0.3 is 4.74 Å². The summed E-state index contributed by atoms with van der Waals surface area (Å²) >= 11 is 2.08. The second-order valence-electron chi connectivity index (χ2n) is 5.21. The Morgan fingerprint density at radius 1 is 0.882 bits per heavy atom. The Morgan fingerprint density at radius 2 is 1.41 bits per heavy atom. The van der Waals surface area contributed by atoms with Crippen molar-refractivity contribution in [2.75, 3.05) is 18.1 Å². The Bertz CT molecular complexity index is 157. The van der Waals surface area contributed by atoms with Gasteiger partial charge >= 0.3 is 0 Å². The summed E-state index contributed by atoms with van der Waals surface area (Å²) in [6.45, 7) is 3.30. The Morgan fingerprint density at radius 3 is 1.94 bits per heavy atom. The van der Waals surface area contributed by atoms with Crippen LogP contribution in [0.2, 0.25) is 0 Å². The Labute approximate surface area is 112 Å². The van der Waals surface area contributed by atoms with Crippen LogP contribution >= 0.6 is 11.8 Å². The van der Waals surface area contributed by atoms with Crippen LogP contribution in [0.15, 0.2) is 0 Å².